The van der Waals surface area contributed by atoms with E-state index in [1.165, 1.54) is 43.4 Å². The lowest BCUT2D eigenvalue weighted by Gasteiger charge is -2.39. The second-order valence-electron chi connectivity index (χ2n) is 10.4. The van der Waals surface area contributed by atoms with E-state index < -0.39 is 0 Å². The van der Waals surface area contributed by atoms with Crippen molar-refractivity contribution in [2.75, 3.05) is 40.3 Å². The summed E-state index contributed by atoms with van der Waals surface area (Å²) in [5.41, 5.74) is 3.95. The smallest absolute Gasteiger partial charge is 0.106 e. The molecule has 3 atom stereocenters. The van der Waals surface area contributed by atoms with Gasteiger partial charge in [0.05, 0.1) is 23.8 Å². The second kappa shape index (κ2) is 9.69. The summed E-state index contributed by atoms with van der Waals surface area (Å²) in [6.07, 6.45) is 18.4. The maximum atomic E-state index is 4.90. The van der Waals surface area contributed by atoms with E-state index in [1.54, 1.807) is 0 Å². The zero-order valence-electron chi connectivity index (χ0n) is 20.7. The second-order valence-corrected chi connectivity index (χ2v) is 10.4. The lowest BCUT2D eigenvalue weighted by atomic mass is 9.93. The molecule has 1 saturated heterocycles. The highest BCUT2D eigenvalue weighted by molar-refractivity contribution is 5.24. The van der Waals surface area contributed by atoms with Crippen molar-refractivity contribution < 1.29 is 0 Å². The van der Waals surface area contributed by atoms with Crippen molar-refractivity contribution in [3.05, 3.63) is 60.0 Å². The van der Waals surface area contributed by atoms with Crippen LogP contribution in [0.25, 0.3) is 0 Å². The van der Waals surface area contributed by atoms with Crippen molar-refractivity contribution in [2.24, 2.45) is 5.92 Å². The van der Waals surface area contributed by atoms with Gasteiger partial charge in [0.25, 0.3) is 0 Å². The summed E-state index contributed by atoms with van der Waals surface area (Å²) in [5, 5.41) is 0. The van der Waals surface area contributed by atoms with E-state index in [0.29, 0.717) is 12.0 Å². The van der Waals surface area contributed by atoms with Crippen molar-refractivity contribution in [2.45, 2.75) is 63.7 Å². The van der Waals surface area contributed by atoms with Crippen LogP contribution in [0.4, 0.5) is 0 Å². The van der Waals surface area contributed by atoms with Gasteiger partial charge in [-0.25, -0.2) is 4.98 Å². The summed E-state index contributed by atoms with van der Waals surface area (Å²) in [7, 11) is 4.48. The van der Waals surface area contributed by atoms with Crippen LogP contribution in [0.15, 0.2) is 43.0 Å². The molecule has 0 amide bonds. The molecule has 0 radical (unpaired) electrons. The van der Waals surface area contributed by atoms with Crippen LogP contribution >= 0.6 is 0 Å². The standard InChI is InChI=1S/C27H40N6/c1-4-9-23-18-27(23,32-16-14-30(2)15-17-32)33-20-24(29-21-33)19-31(3)25-12-7-5-6-10-22-11-8-13-28-26(22)25/h4,8-9,11,13,20-21,23,25H,5-7,10,12,14-19H2,1-3H3/b9-4-. The summed E-state index contributed by atoms with van der Waals surface area (Å²) in [5.74, 6) is 0.576. The highest BCUT2D eigenvalue weighted by atomic mass is 15.4. The highest BCUT2D eigenvalue weighted by Gasteiger charge is 2.58. The van der Waals surface area contributed by atoms with Gasteiger partial charge in [-0.15, -0.1) is 0 Å². The number of imidazole rings is 1. The minimum atomic E-state index is 0.0754. The molecule has 3 aliphatic rings. The van der Waals surface area contributed by atoms with Crippen LogP contribution in [-0.4, -0.2) is 69.5 Å². The van der Waals surface area contributed by atoms with Gasteiger partial charge >= 0.3 is 0 Å². The van der Waals surface area contributed by atoms with Crippen molar-refractivity contribution in [3.63, 3.8) is 0 Å². The normalized spacial score (nSPS) is 29.2. The number of nitrogens with zero attached hydrogens (tertiary/aromatic N) is 6. The van der Waals surface area contributed by atoms with Gasteiger partial charge in [-0.05, 0) is 58.3 Å². The third-order valence-electron chi connectivity index (χ3n) is 8.12. The Morgan fingerprint density at radius 1 is 1.15 bits per heavy atom. The van der Waals surface area contributed by atoms with Gasteiger partial charge in [0.15, 0.2) is 0 Å². The maximum absolute atomic E-state index is 4.90. The van der Waals surface area contributed by atoms with Gasteiger partial charge in [-0.3, -0.25) is 14.8 Å². The predicted octanol–water partition coefficient (Wildman–Crippen LogP) is 4.06. The number of piperazine rings is 1. The van der Waals surface area contributed by atoms with Crippen LogP contribution in [0.2, 0.25) is 0 Å². The first kappa shape index (κ1) is 22.8. The third kappa shape index (κ3) is 4.53. The Morgan fingerprint density at radius 2 is 2.00 bits per heavy atom. The zero-order valence-corrected chi connectivity index (χ0v) is 20.7. The molecule has 3 heterocycles. The van der Waals surface area contributed by atoms with Gasteiger partial charge in [-0.2, -0.15) is 0 Å². The molecule has 6 nitrogen and oxygen atoms in total. The summed E-state index contributed by atoms with van der Waals surface area (Å²) >= 11 is 0. The van der Waals surface area contributed by atoms with E-state index in [-0.39, 0.29) is 5.66 Å². The molecule has 0 aromatic carbocycles. The first-order chi connectivity index (χ1) is 16.1. The number of hydrogen-bond donors (Lipinski definition) is 0. The Morgan fingerprint density at radius 3 is 2.82 bits per heavy atom. The largest absolute Gasteiger partial charge is 0.317 e. The fourth-order valence-electron chi connectivity index (χ4n) is 6.12. The first-order valence-electron chi connectivity index (χ1n) is 12.9. The average molecular weight is 449 g/mol. The summed E-state index contributed by atoms with van der Waals surface area (Å²) in [6.45, 7) is 7.54. The Kier molecular flexibility index (Phi) is 6.68. The average Bonchev–Trinajstić information content (AvgIpc) is 3.33. The van der Waals surface area contributed by atoms with E-state index in [0.717, 1.165) is 44.8 Å². The highest BCUT2D eigenvalue weighted by Crippen LogP contribution is 2.54. The summed E-state index contributed by atoms with van der Waals surface area (Å²) in [4.78, 5) is 17.3. The van der Waals surface area contributed by atoms with Crippen LogP contribution < -0.4 is 0 Å². The Bertz CT molecular complexity index is 959. The molecule has 2 aromatic rings. The number of hydrogen-bond acceptors (Lipinski definition) is 5. The number of rotatable bonds is 6. The summed E-state index contributed by atoms with van der Waals surface area (Å²) in [6, 6.07) is 4.74. The SMILES string of the molecule is C/C=C\C1CC1(N1CCN(C)CC1)n1cnc(CN(C)C2CCCCCc3cccnc32)c1. The van der Waals surface area contributed by atoms with Crippen molar-refractivity contribution >= 4 is 0 Å². The number of aryl methyl sites for hydroxylation is 1. The molecule has 178 valence electrons. The molecule has 6 heteroatoms. The minimum absolute atomic E-state index is 0.0754. The number of likely N-dealkylation sites (N-methyl/N-ethyl adjacent to an activating group) is 1. The topological polar surface area (TPSA) is 40.4 Å². The number of allylic oxidation sites excluding steroid dienone is 1. The molecule has 33 heavy (non-hydrogen) atoms. The van der Waals surface area contributed by atoms with Crippen LogP contribution in [0.5, 0.6) is 0 Å². The molecule has 2 aliphatic carbocycles. The fourth-order valence-corrected chi connectivity index (χ4v) is 6.12. The molecular weight excluding hydrogens is 408 g/mol. The van der Waals surface area contributed by atoms with Gasteiger partial charge in [-0.1, -0.05) is 31.1 Å². The molecule has 1 aliphatic heterocycles. The van der Waals surface area contributed by atoms with Gasteiger partial charge in [0.1, 0.15) is 5.66 Å². The number of pyridine rings is 1. The van der Waals surface area contributed by atoms with Crippen LogP contribution in [0, 0.1) is 5.92 Å². The lowest BCUT2D eigenvalue weighted by Crippen LogP contribution is -2.51. The minimum Gasteiger partial charge on any atom is -0.317 e. The van der Waals surface area contributed by atoms with Crippen molar-refractivity contribution in [1.29, 1.82) is 0 Å². The fraction of sp³-hybridized carbons (Fsp3) is 0.630. The van der Waals surface area contributed by atoms with E-state index in [2.05, 4.69) is 77.1 Å². The molecule has 0 spiro atoms. The van der Waals surface area contributed by atoms with Gasteiger partial charge < -0.3 is 9.47 Å². The van der Waals surface area contributed by atoms with Crippen molar-refractivity contribution in [1.82, 2.24) is 29.2 Å². The third-order valence-corrected chi connectivity index (χ3v) is 8.12. The van der Waals surface area contributed by atoms with Crippen LogP contribution in [0.1, 0.15) is 62.0 Å². The van der Waals surface area contributed by atoms with Crippen molar-refractivity contribution in [3.8, 4) is 0 Å². The van der Waals surface area contributed by atoms with E-state index in [9.17, 15) is 0 Å². The van der Waals surface area contributed by atoms with Gasteiger partial charge in [0.2, 0.25) is 0 Å². The summed E-state index contributed by atoms with van der Waals surface area (Å²) < 4.78 is 2.43. The zero-order chi connectivity index (χ0) is 22.8. The quantitative estimate of drug-likeness (QED) is 0.623. The molecule has 1 saturated carbocycles. The maximum Gasteiger partial charge on any atom is 0.106 e. The van der Waals surface area contributed by atoms with E-state index in [1.807, 2.05) is 6.20 Å². The Balaban J connectivity index is 1.34. The Labute approximate surface area is 199 Å². The molecular formula is C27H40N6. The van der Waals surface area contributed by atoms with Gasteiger partial charge in [0, 0.05) is 51.0 Å². The van der Waals surface area contributed by atoms with Crippen LogP contribution in [-0.2, 0) is 18.6 Å². The Hall–Kier alpha value is -2.02. The monoisotopic (exact) mass is 448 g/mol. The van der Waals surface area contributed by atoms with E-state index >= 15 is 0 Å². The molecule has 0 N–H and O–H groups in total. The number of aromatic nitrogens is 3. The molecule has 2 aromatic heterocycles. The molecule has 0 bridgehead atoms. The molecule has 2 fully saturated rings. The molecule has 5 rings (SSSR count). The lowest BCUT2D eigenvalue weighted by molar-refractivity contribution is 0.0511. The van der Waals surface area contributed by atoms with E-state index in [4.69, 9.17) is 9.97 Å². The van der Waals surface area contributed by atoms with Crippen LogP contribution in [0.3, 0.4) is 0 Å². The molecule has 3 unspecified atom stereocenters. The predicted molar refractivity (Wildman–Crippen MR) is 133 cm³/mol. The number of fused-ring (bicyclic) bond motifs is 1. The first-order valence-corrected chi connectivity index (χ1v) is 12.9.